The predicted octanol–water partition coefficient (Wildman–Crippen LogP) is 1.70. The second-order valence-corrected chi connectivity index (χ2v) is 6.05. The topological polar surface area (TPSA) is 121 Å². The number of aromatic nitrogens is 3. The Labute approximate surface area is 161 Å². The maximum absolute atomic E-state index is 12.1. The molecule has 0 bridgehead atoms. The van der Waals surface area contributed by atoms with Gasteiger partial charge in [0, 0.05) is 32.5 Å². The van der Waals surface area contributed by atoms with Gasteiger partial charge in [0.2, 0.25) is 0 Å². The third-order valence-electron chi connectivity index (χ3n) is 4.04. The summed E-state index contributed by atoms with van der Waals surface area (Å²) in [6, 6.07) is 11.2. The molecular weight excluding hydrogens is 360 g/mol. The van der Waals surface area contributed by atoms with Crippen LogP contribution in [0.25, 0.3) is 10.9 Å². The smallest absolute Gasteiger partial charge is 0.320 e. The van der Waals surface area contributed by atoms with Crippen molar-refractivity contribution >= 4 is 28.7 Å². The summed E-state index contributed by atoms with van der Waals surface area (Å²) in [6.45, 7) is 1.31. The number of nitrogens with one attached hydrogen (secondary N) is 4. The molecule has 3 rings (SSSR count). The van der Waals surface area contributed by atoms with Crippen LogP contribution in [0.15, 0.2) is 42.6 Å². The van der Waals surface area contributed by atoms with Crippen LogP contribution < -0.4 is 16.0 Å². The first kappa shape index (κ1) is 19.3. The fraction of sp³-hybridized carbons (Fsp3) is 0.263. The number of urea groups is 1. The van der Waals surface area contributed by atoms with Gasteiger partial charge in [-0.15, -0.1) is 0 Å². The highest BCUT2D eigenvalue weighted by atomic mass is 16.5. The van der Waals surface area contributed by atoms with E-state index in [1.54, 1.807) is 13.2 Å². The van der Waals surface area contributed by atoms with Crippen LogP contribution in [-0.4, -0.2) is 53.9 Å². The van der Waals surface area contributed by atoms with Crippen LogP contribution in [-0.2, 0) is 11.2 Å². The summed E-state index contributed by atoms with van der Waals surface area (Å²) < 4.78 is 4.90. The van der Waals surface area contributed by atoms with Crippen LogP contribution in [0.1, 0.15) is 16.1 Å². The van der Waals surface area contributed by atoms with Crippen molar-refractivity contribution < 1.29 is 14.3 Å². The number of methoxy groups -OCH3 is 1. The van der Waals surface area contributed by atoms with Gasteiger partial charge < -0.3 is 15.4 Å². The maximum atomic E-state index is 12.1. The molecule has 0 saturated heterocycles. The lowest BCUT2D eigenvalue weighted by atomic mass is 10.1. The Bertz CT molecular complexity index is 941. The van der Waals surface area contributed by atoms with E-state index in [2.05, 4.69) is 31.1 Å². The summed E-state index contributed by atoms with van der Waals surface area (Å²) in [4.78, 5) is 28.4. The van der Waals surface area contributed by atoms with Gasteiger partial charge in [0.1, 0.15) is 5.82 Å². The van der Waals surface area contributed by atoms with Gasteiger partial charge in [-0.25, -0.2) is 9.78 Å². The maximum Gasteiger partial charge on any atom is 0.320 e. The Hall–Kier alpha value is -3.46. The number of H-pyrrole nitrogens is 1. The highest BCUT2D eigenvalue weighted by Crippen LogP contribution is 2.17. The number of anilines is 1. The monoisotopic (exact) mass is 382 g/mol. The molecule has 0 aliphatic heterocycles. The lowest BCUT2D eigenvalue weighted by Crippen LogP contribution is -2.30. The van der Waals surface area contributed by atoms with Gasteiger partial charge in [0.15, 0.2) is 5.69 Å². The number of carbonyl (C=O) groups excluding carboxylic acids is 2. The van der Waals surface area contributed by atoms with Crippen molar-refractivity contribution in [1.82, 2.24) is 25.8 Å². The van der Waals surface area contributed by atoms with Crippen molar-refractivity contribution in [2.75, 3.05) is 32.1 Å². The highest BCUT2D eigenvalue weighted by Gasteiger charge is 2.15. The Morgan fingerprint density at radius 3 is 2.75 bits per heavy atom. The first-order chi connectivity index (χ1) is 13.7. The quantitative estimate of drug-likeness (QED) is 0.442. The molecule has 2 heterocycles. The van der Waals surface area contributed by atoms with E-state index in [0.29, 0.717) is 36.4 Å². The van der Waals surface area contributed by atoms with Crippen molar-refractivity contribution in [1.29, 1.82) is 0 Å². The summed E-state index contributed by atoms with van der Waals surface area (Å²) in [5.74, 6) is 0.0455. The van der Waals surface area contributed by atoms with E-state index in [0.717, 1.165) is 12.0 Å². The number of hydrogen-bond acceptors (Lipinski definition) is 5. The van der Waals surface area contributed by atoms with Gasteiger partial charge in [-0.1, -0.05) is 30.3 Å². The summed E-state index contributed by atoms with van der Waals surface area (Å²) in [6.07, 6.45) is 2.24. The molecule has 0 spiro atoms. The number of ether oxygens (including phenoxy) is 1. The van der Waals surface area contributed by atoms with E-state index < -0.39 is 0 Å². The molecule has 146 valence electrons. The SMILES string of the molecule is COCCNC(=O)c1n[nH]c2cc(NC(=O)NCCc3ccccc3)ncc12. The van der Waals surface area contributed by atoms with Crippen molar-refractivity contribution in [3.63, 3.8) is 0 Å². The molecule has 2 aromatic heterocycles. The number of benzene rings is 1. The van der Waals surface area contributed by atoms with Crippen LogP contribution in [0.2, 0.25) is 0 Å². The van der Waals surface area contributed by atoms with Gasteiger partial charge in [-0.05, 0) is 12.0 Å². The molecule has 3 amide bonds. The number of aromatic amines is 1. The molecule has 3 aromatic rings. The molecule has 9 heteroatoms. The molecule has 0 fully saturated rings. The van der Waals surface area contributed by atoms with Crippen molar-refractivity contribution in [2.24, 2.45) is 0 Å². The van der Waals surface area contributed by atoms with Crippen LogP contribution in [0, 0.1) is 0 Å². The molecule has 0 atom stereocenters. The average molecular weight is 382 g/mol. The Morgan fingerprint density at radius 1 is 1.14 bits per heavy atom. The number of hydrogen-bond donors (Lipinski definition) is 4. The van der Waals surface area contributed by atoms with E-state index >= 15 is 0 Å². The zero-order valence-electron chi connectivity index (χ0n) is 15.5. The number of amides is 3. The zero-order chi connectivity index (χ0) is 19.8. The molecular formula is C19H22N6O3. The normalized spacial score (nSPS) is 10.6. The molecule has 1 aromatic carbocycles. The van der Waals surface area contributed by atoms with Crippen molar-refractivity contribution in [3.05, 3.63) is 53.9 Å². The lowest BCUT2D eigenvalue weighted by Gasteiger charge is -2.07. The molecule has 0 radical (unpaired) electrons. The molecule has 0 saturated carbocycles. The van der Waals surface area contributed by atoms with Crippen LogP contribution in [0.3, 0.4) is 0 Å². The minimum Gasteiger partial charge on any atom is -0.383 e. The van der Waals surface area contributed by atoms with Gasteiger partial charge in [-0.3, -0.25) is 15.2 Å². The Morgan fingerprint density at radius 2 is 1.96 bits per heavy atom. The van der Waals surface area contributed by atoms with Gasteiger partial charge in [0.25, 0.3) is 5.91 Å². The van der Waals surface area contributed by atoms with Crippen LogP contribution in [0.4, 0.5) is 10.6 Å². The number of rotatable bonds is 8. The Kier molecular flexibility index (Phi) is 6.53. The summed E-state index contributed by atoms with van der Waals surface area (Å²) in [7, 11) is 1.56. The molecule has 9 nitrogen and oxygen atoms in total. The standard InChI is InChI=1S/C19H22N6O3/c1-28-10-9-20-18(26)17-14-12-22-16(11-15(14)24-25-17)23-19(27)21-8-7-13-5-3-2-4-6-13/h2-6,11-12H,7-10H2,1H3,(H,20,26)(H,24,25)(H2,21,22,23,27). The molecule has 28 heavy (non-hydrogen) atoms. The predicted molar refractivity (Wildman–Crippen MR) is 105 cm³/mol. The van der Waals surface area contributed by atoms with Gasteiger partial charge in [0.05, 0.1) is 17.5 Å². The van der Waals surface area contributed by atoms with Crippen molar-refractivity contribution in [2.45, 2.75) is 6.42 Å². The van der Waals surface area contributed by atoms with Gasteiger partial charge in [-0.2, -0.15) is 5.10 Å². The number of fused-ring (bicyclic) bond motifs is 1. The summed E-state index contributed by atoms with van der Waals surface area (Å²) >= 11 is 0. The highest BCUT2D eigenvalue weighted by molar-refractivity contribution is 6.05. The van der Waals surface area contributed by atoms with Gasteiger partial charge >= 0.3 is 6.03 Å². The second kappa shape index (κ2) is 9.47. The van der Waals surface area contributed by atoms with E-state index in [1.165, 1.54) is 6.20 Å². The zero-order valence-corrected chi connectivity index (χ0v) is 15.5. The Balaban J connectivity index is 1.55. The molecule has 4 N–H and O–H groups in total. The minimum absolute atomic E-state index is 0.248. The van der Waals surface area contributed by atoms with Crippen LogP contribution in [0.5, 0.6) is 0 Å². The third kappa shape index (κ3) is 5.04. The van der Waals surface area contributed by atoms with E-state index in [1.807, 2.05) is 30.3 Å². The largest absolute Gasteiger partial charge is 0.383 e. The number of nitrogens with zero attached hydrogens (tertiary/aromatic N) is 2. The van der Waals surface area contributed by atoms with E-state index in [-0.39, 0.29) is 17.6 Å². The lowest BCUT2D eigenvalue weighted by molar-refractivity contribution is 0.0933. The van der Waals surface area contributed by atoms with E-state index in [9.17, 15) is 9.59 Å². The number of pyridine rings is 1. The van der Waals surface area contributed by atoms with Crippen LogP contribution >= 0.6 is 0 Å². The van der Waals surface area contributed by atoms with E-state index in [4.69, 9.17) is 4.74 Å². The summed E-state index contributed by atoms with van der Waals surface area (Å²) in [5, 5.41) is 15.6. The fourth-order valence-corrected chi connectivity index (χ4v) is 2.63. The molecule has 0 unspecified atom stereocenters. The first-order valence-electron chi connectivity index (χ1n) is 8.87. The summed E-state index contributed by atoms with van der Waals surface area (Å²) in [5.41, 5.74) is 2.00. The third-order valence-corrected chi connectivity index (χ3v) is 4.04. The fourth-order valence-electron chi connectivity index (χ4n) is 2.63. The molecule has 0 aliphatic rings. The number of carbonyl (C=O) groups is 2. The van der Waals surface area contributed by atoms with Crippen molar-refractivity contribution in [3.8, 4) is 0 Å². The minimum atomic E-state index is -0.347. The molecule has 0 aliphatic carbocycles. The first-order valence-corrected chi connectivity index (χ1v) is 8.87. The second-order valence-electron chi connectivity index (χ2n) is 6.05. The average Bonchev–Trinajstić information content (AvgIpc) is 3.12.